The van der Waals surface area contributed by atoms with Crippen molar-refractivity contribution in [3.63, 3.8) is 0 Å². The molecule has 27 heavy (non-hydrogen) atoms. The molecule has 2 aromatic carbocycles. The fourth-order valence-corrected chi connectivity index (χ4v) is 7.63. The van der Waals surface area contributed by atoms with Gasteiger partial charge in [0, 0.05) is 18.9 Å². The molecule has 0 aromatic heterocycles. The van der Waals surface area contributed by atoms with Crippen LogP contribution in [0, 0.1) is 5.92 Å². The summed E-state index contributed by atoms with van der Waals surface area (Å²) in [5.74, 6) is 1.87. The molecular formula is C18H23O5PS3. The molecule has 1 unspecified atom stereocenters. The Morgan fingerprint density at radius 1 is 1.11 bits per heavy atom. The standard InChI is InChI=1S/C18H23O5PS3/c1-14(2)13-26-24(25,22-4)23-15-10-11-18(17(12-15)21-3)27(19,20)16-8-6-5-7-9-16/h5-12,14H,13H2,1-4H3. The maximum absolute atomic E-state index is 12.9. The molecule has 1 atom stereocenters. The smallest absolute Gasteiger partial charge is 0.297 e. The Balaban J connectivity index is 2.35. The molecule has 0 fully saturated rings. The van der Waals surface area contributed by atoms with E-state index in [-0.39, 0.29) is 15.5 Å². The third-order valence-corrected chi connectivity index (χ3v) is 11.0. The summed E-state index contributed by atoms with van der Waals surface area (Å²) in [4.78, 5) is 0.274. The molecule has 0 bridgehead atoms. The van der Waals surface area contributed by atoms with Gasteiger partial charge in [-0.2, -0.15) is 0 Å². The highest BCUT2D eigenvalue weighted by molar-refractivity contribution is 8.68. The Hall–Kier alpha value is -1.05. The number of rotatable bonds is 9. The fourth-order valence-electron chi connectivity index (χ4n) is 2.14. The molecule has 148 valence electrons. The summed E-state index contributed by atoms with van der Waals surface area (Å²) in [6, 6.07) is 12.8. The normalized spacial score (nSPS) is 14.0. The van der Waals surface area contributed by atoms with Crippen molar-refractivity contribution in [3.05, 3.63) is 48.5 Å². The largest absolute Gasteiger partial charge is 0.495 e. The minimum atomic E-state index is -3.70. The Labute approximate surface area is 170 Å². The van der Waals surface area contributed by atoms with Crippen LogP contribution < -0.4 is 9.26 Å². The summed E-state index contributed by atoms with van der Waals surface area (Å²) in [5.41, 5.74) is -2.58. The summed E-state index contributed by atoms with van der Waals surface area (Å²) < 4.78 is 42.4. The average Bonchev–Trinajstić information content (AvgIpc) is 2.67. The van der Waals surface area contributed by atoms with Gasteiger partial charge in [0.25, 0.3) is 5.69 Å². The number of sulfone groups is 1. The molecule has 0 radical (unpaired) electrons. The summed E-state index contributed by atoms with van der Waals surface area (Å²) in [6.07, 6.45) is 0. The highest BCUT2D eigenvalue weighted by atomic mass is 32.9. The Bertz CT molecular complexity index is 914. The van der Waals surface area contributed by atoms with Crippen LogP contribution in [0.3, 0.4) is 0 Å². The lowest BCUT2D eigenvalue weighted by Crippen LogP contribution is -2.04. The molecule has 0 aliphatic carbocycles. The van der Waals surface area contributed by atoms with Crippen LogP contribution in [0.1, 0.15) is 13.8 Å². The highest BCUT2D eigenvalue weighted by Crippen LogP contribution is 2.60. The van der Waals surface area contributed by atoms with E-state index in [2.05, 4.69) is 13.8 Å². The zero-order valence-corrected chi connectivity index (χ0v) is 19.0. The number of ether oxygens (including phenoxy) is 1. The molecule has 0 aliphatic heterocycles. The third-order valence-electron chi connectivity index (χ3n) is 3.48. The van der Waals surface area contributed by atoms with Crippen LogP contribution >= 0.6 is 17.1 Å². The van der Waals surface area contributed by atoms with E-state index in [1.54, 1.807) is 36.4 Å². The SMILES string of the molecule is COc1cc(OP(=S)(OC)SCC(C)C)ccc1S(=O)(=O)c1ccccc1. The van der Waals surface area contributed by atoms with Gasteiger partial charge in [-0.3, -0.25) is 0 Å². The van der Waals surface area contributed by atoms with Crippen LogP contribution in [-0.4, -0.2) is 28.4 Å². The van der Waals surface area contributed by atoms with Crippen LogP contribution in [0.15, 0.2) is 58.3 Å². The molecule has 0 spiro atoms. The number of methoxy groups -OCH3 is 1. The number of hydrogen-bond donors (Lipinski definition) is 0. The van der Waals surface area contributed by atoms with Crippen LogP contribution in [0.5, 0.6) is 11.5 Å². The Kier molecular flexibility index (Phi) is 7.77. The maximum Gasteiger partial charge on any atom is 0.297 e. The van der Waals surface area contributed by atoms with E-state index in [0.29, 0.717) is 11.7 Å². The lowest BCUT2D eigenvalue weighted by atomic mass is 10.3. The van der Waals surface area contributed by atoms with Crippen molar-refractivity contribution in [1.29, 1.82) is 0 Å². The van der Waals surface area contributed by atoms with Gasteiger partial charge in [0.15, 0.2) is 0 Å². The van der Waals surface area contributed by atoms with Crippen molar-refractivity contribution in [2.75, 3.05) is 20.0 Å². The van der Waals surface area contributed by atoms with Crippen LogP contribution in [0.4, 0.5) is 0 Å². The van der Waals surface area contributed by atoms with Gasteiger partial charge < -0.3 is 13.8 Å². The predicted octanol–water partition coefficient (Wildman–Crippen LogP) is 5.17. The molecule has 0 N–H and O–H groups in total. The summed E-state index contributed by atoms with van der Waals surface area (Å²) in [5, 5.41) is 0. The number of hydrogen-bond acceptors (Lipinski definition) is 7. The van der Waals surface area contributed by atoms with Crippen molar-refractivity contribution in [2.24, 2.45) is 5.92 Å². The van der Waals surface area contributed by atoms with Gasteiger partial charge in [-0.15, -0.1) is 0 Å². The van der Waals surface area contributed by atoms with Crippen LogP contribution in [-0.2, 0) is 26.2 Å². The molecule has 0 saturated heterocycles. The summed E-state index contributed by atoms with van der Waals surface area (Å²) >= 11 is 7.01. The van der Waals surface area contributed by atoms with Gasteiger partial charge in [0.1, 0.15) is 16.4 Å². The first kappa shape index (κ1) is 22.2. The van der Waals surface area contributed by atoms with E-state index >= 15 is 0 Å². The molecule has 9 heteroatoms. The van der Waals surface area contributed by atoms with E-state index in [1.807, 2.05) is 0 Å². The highest BCUT2D eigenvalue weighted by Gasteiger charge is 2.25. The zero-order valence-electron chi connectivity index (χ0n) is 15.6. The predicted molar refractivity (Wildman–Crippen MR) is 114 cm³/mol. The molecule has 2 aromatic rings. The van der Waals surface area contributed by atoms with Gasteiger partial charge in [0.05, 0.1) is 12.0 Å². The fraction of sp³-hybridized carbons (Fsp3) is 0.333. The van der Waals surface area contributed by atoms with E-state index in [9.17, 15) is 8.42 Å². The van der Waals surface area contributed by atoms with Gasteiger partial charge in [-0.25, -0.2) is 8.42 Å². The van der Waals surface area contributed by atoms with Crippen molar-refractivity contribution < 1.29 is 22.2 Å². The van der Waals surface area contributed by atoms with Gasteiger partial charge >= 0.3 is 0 Å². The molecule has 0 heterocycles. The molecule has 0 saturated carbocycles. The molecule has 5 nitrogen and oxygen atoms in total. The Morgan fingerprint density at radius 2 is 1.78 bits per heavy atom. The third kappa shape index (κ3) is 5.72. The second kappa shape index (κ2) is 9.43. The second-order valence-corrected chi connectivity index (χ2v) is 14.3. The van der Waals surface area contributed by atoms with E-state index < -0.39 is 15.5 Å². The van der Waals surface area contributed by atoms with Crippen molar-refractivity contribution in [3.8, 4) is 11.5 Å². The van der Waals surface area contributed by atoms with Gasteiger partial charge in [-0.1, -0.05) is 43.4 Å². The van der Waals surface area contributed by atoms with Crippen LogP contribution in [0.2, 0.25) is 0 Å². The quantitative estimate of drug-likeness (QED) is 0.493. The monoisotopic (exact) mass is 446 g/mol. The molecular weight excluding hydrogens is 423 g/mol. The zero-order chi connectivity index (χ0) is 20.1. The van der Waals surface area contributed by atoms with Crippen molar-refractivity contribution in [1.82, 2.24) is 0 Å². The second-order valence-electron chi connectivity index (χ2n) is 6.04. The first-order valence-corrected chi connectivity index (χ1v) is 13.9. The number of benzene rings is 2. The molecule has 0 amide bonds. The summed E-state index contributed by atoms with van der Waals surface area (Å²) in [7, 11) is -0.756. The van der Waals surface area contributed by atoms with E-state index in [4.69, 9.17) is 25.6 Å². The van der Waals surface area contributed by atoms with Gasteiger partial charge in [0.2, 0.25) is 9.84 Å². The van der Waals surface area contributed by atoms with E-state index in [0.717, 1.165) is 5.75 Å². The maximum atomic E-state index is 12.9. The average molecular weight is 447 g/mol. The molecule has 0 aliphatic rings. The topological polar surface area (TPSA) is 61.8 Å². The minimum absolute atomic E-state index is 0.0732. The van der Waals surface area contributed by atoms with E-state index in [1.165, 1.54) is 37.7 Å². The first-order chi connectivity index (χ1) is 12.7. The van der Waals surface area contributed by atoms with Crippen molar-refractivity contribution in [2.45, 2.75) is 23.6 Å². The van der Waals surface area contributed by atoms with Crippen LogP contribution in [0.25, 0.3) is 0 Å². The minimum Gasteiger partial charge on any atom is -0.495 e. The lowest BCUT2D eigenvalue weighted by molar-refractivity contribution is 0.393. The lowest BCUT2D eigenvalue weighted by Gasteiger charge is -2.21. The van der Waals surface area contributed by atoms with Gasteiger partial charge in [-0.05, 0) is 42.0 Å². The Morgan fingerprint density at radius 3 is 2.33 bits per heavy atom. The first-order valence-electron chi connectivity index (χ1n) is 8.20. The summed E-state index contributed by atoms with van der Waals surface area (Å²) in [6.45, 7) is 4.18. The van der Waals surface area contributed by atoms with Crippen molar-refractivity contribution >= 4 is 38.7 Å². The molecule has 2 rings (SSSR count).